The number of tetrazole rings is 1. The fourth-order valence-corrected chi connectivity index (χ4v) is 3.79. The monoisotopic (exact) mass is 335 g/mol. The normalized spacial score (nSPS) is 12.5. The number of aromatic nitrogens is 4. The van der Waals surface area contributed by atoms with E-state index in [2.05, 4.69) is 34.7 Å². The lowest BCUT2D eigenvalue weighted by molar-refractivity contribution is 0.482. The van der Waals surface area contributed by atoms with Gasteiger partial charge in [0.15, 0.2) is 9.84 Å². The second kappa shape index (κ2) is 8.70. The minimum atomic E-state index is -3.01. The quantitative estimate of drug-likeness (QED) is 0.500. The van der Waals surface area contributed by atoms with Crippen molar-refractivity contribution in [1.29, 1.82) is 0 Å². The Balaban J connectivity index is 2.38. The molecule has 0 fully saturated rings. The predicted octanol–water partition coefficient (Wildman–Crippen LogP) is 0.834. The average Bonchev–Trinajstić information content (AvgIpc) is 2.81. The smallest absolute Gasteiger partial charge is 0.209 e. The third kappa shape index (κ3) is 6.75. The molecule has 1 N–H and O–H groups in total. The number of rotatable bonds is 10. The van der Waals surface area contributed by atoms with Gasteiger partial charge in [-0.2, -0.15) is 0 Å². The van der Waals surface area contributed by atoms with Crippen LogP contribution in [0, 0.1) is 5.92 Å². The van der Waals surface area contributed by atoms with Gasteiger partial charge in [0, 0.05) is 12.3 Å². The third-order valence-electron chi connectivity index (χ3n) is 2.87. The second-order valence-corrected chi connectivity index (χ2v) is 9.29. The van der Waals surface area contributed by atoms with Crippen LogP contribution in [0.4, 0.5) is 0 Å². The summed E-state index contributed by atoms with van der Waals surface area (Å²) in [4.78, 5) is 0. The lowest BCUT2D eigenvalue weighted by atomic mass is 10.2. The SMILES string of the molecule is CC(C)CNCCn1nnnc1SCCS(=O)(=O)C(C)C. The van der Waals surface area contributed by atoms with Gasteiger partial charge in [0.2, 0.25) is 5.16 Å². The lowest BCUT2D eigenvalue weighted by Gasteiger charge is -2.09. The van der Waals surface area contributed by atoms with E-state index in [0.29, 0.717) is 23.4 Å². The summed E-state index contributed by atoms with van der Waals surface area (Å²) in [5, 5.41) is 15.2. The molecule has 0 bridgehead atoms. The Hall–Kier alpha value is -0.670. The molecule has 0 atom stereocenters. The maximum Gasteiger partial charge on any atom is 0.209 e. The molecule has 1 aromatic rings. The van der Waals surface area contributed by atoms with Crippen LogP contribution < -0.4 is 5.32 Å². The van der Waals surface area contributed by atoms with Gasteiger partial charge in [-0.1, -0.05) is 25.6 Å². The number of hydrogen-bond acceptors (Lipinski definition) is 7. The van der Waals surface area contributed by atoms with Crippen molar-refractivity contribution in [2.75, 3.05) is 24.6 Å². The summed E-state index contributed by atoms with van der Waals surface area (Å²) in [7, 11) is -3.01. The molecule has 7 nitrogen and oxygen atoms in total. The maximum atomic E-state index is 11.7. The van der Waals surface area contributed by atoms with Crippen LogP contribution in [0.2, 0.25) is 0 Å². The molecule has 1 heterocycles. The van der Waals surface area contributed by atoms with Crippen LogP contribution in [0.3, 0.4) is 0 Å². The molecule has 9 heteroatoms. The lowest BCUT2D eigenvalue weighted by Crippen LogP contribution is -2.24. The summed E-state index contributed by atoms with van der Waals surface area (Å²) < 4.78 is 25.2. The molecular weight excluding hydrogens is 310 g/mol. The summed E-state index contributed by atoms with van der Waals surface area (Å²) in [5.41, 5.74) is 0. The standard InChI is InChI=1S/C12H25N5O2S2/c1-10(2)9-13-5-6-17-12(14-15-16-17)20-7-8-21(18,19)11(3)4/h10-11,13H,5-9H2,1-4H3. The van der Waals surface area contributed by atoms with Gasteiger partial charge in [-0.05, 0) is 36.7 Å². The third-order valence-corrected chi connectivity index (χ3v) is 6.30. The molecule has 0 saturated heterocycles. The molecule has 21 heavy (non-hydrogen) atoms. The molecule has 1 rings (SSSR count). The maximum absolute atomic E-state index is 11.7. The largest absolute Gasteiger partial charge is 0.315 e. The van der Waals surface area contributed by atoms with Crippen molar-refractivity contribution in [3.8, 4) is 0 Å². The molecular formula is C12H25N5O2S2. The molecule has 0 unspecified atom stereocenters. The molecule has 0 aliphatic heterocycles. The zero-order valence-corrected chi connectivity index (χ0v) is 14.7. The number of nitrogens with zero attached hydrogens (tertiary/aromatic N) is 4. The Bertz CT molecular complexity index is 513. The van der Waals surface area contributed by atoms with Gasteiger partial charge >= 0.3 is 0 Å². The van der Waals surface area contributed by atoms with Crippen molar-refractivity contribution < 1.29 is 8.42 Å². The van der Waals surface area contributed by atoms with E-state index in [1.807, 2.05) is 0 Å². The van der Waals surface area contributed by atoms with E-state index >= 15 is 0 Å². The molecule has 122 valence electrons. The minimum Gasteiger partial charge on any atom is -0.315 e. The van der Waals surface area contributed by atoms with Gasteiger partial charge < -0.3 is 5.32 Å². The zero-order valence-electron chi connectivity index (χ0n) is 13.1. The second-order valence-electron chi connectivity index (χ2n) is 5.55. The van der Waals surface area contributed by atoms with Crippen LogP contribution >= 0.6 is 11.8 Å². The molecule has 0 spiro atoms. The van der Waals surface area contributed by atoms with Gasteiger partial charge in [0.05, 0.1) is 17.5 Å². The molecule has 1 aromatic heterocycles. The Kier molecular flexibility index (Phi) is 7.61. The molecule has 0 radical (unpaired) electrons. The summed E-state index contributed by atoms with van der Waals surface area (Å²) in [6, 6.07) is 0. The van der Waals surface area contributed by atoms with Crippen LogP contribution in [0.15, 0.2) is 5.16 Å². The summed E-state index contributed by atoms with van der Waals surface area (Å²) in [6.07, 6.45) is 0. The van der Waals surface area contributed by atoms with Crippen molar-refractivity contribution in [2.24, 2.45) is 5.92 Å². The average molecular weight is 335 g/mol. The van der Waals surface area contributed by atoms with E-state index in [4.69, 9.17) is 0 Å². The van der Waals surface area contributed by atoms with E-state index in [0.717, 1.165) is 13.1 Å². The van der Waals surface area contributed by atoms with Crippen molar-refractivity contribution in [3.63, 3.8) is 0 Å². The predicted molar refractivity (Wildman–Crippen MR) is 85.2 cm³/mol. The van der Waals surface area contributed by atoms with Gasteiger partial charge in [-0.15, -0.1) is 5.10 Å². The van der Waals surface area contributed by atoms with E-state index < -0.39 is 9.84 Å². The number of sulfone groups is 1. The Morgan fingerprint density at radius 1 is 1.29 bits per heavy atom. The van der Waals surface area contributed by atoms with E-state index in [1.54, 1.807) is 18.5 Å². The highest BCUT2D eigenvalue weighted by Crippen LogP contribution is 2.15. The van der Waals surface area contributed by atoms with E-state index in [9.17, 15) is 8.42 Å². The highest BCUT2D eigenvalue weighted by Gasteiger charge is 2.16. The summed E-state index contributed by atoms with van der Waals surface area (Å²) >= 11 is 1.38. The summed E-state index contributed by atoms with van der Waals surface area (Å²) in [6.45, 7) is 10.1. The van der Waals surface area contributed by atoms with Crippen molar-refractivity contribution in [3.05, 3.63) is 0 Å². The number of nitrogens with one attached hydrogen (secondary N) is 1. The van der Waals surface area contributed by atoms with Crippen LogP contribution in [-0.4, -0.2) is 58.5 Å². The van der Waals surface area contributed by atoms with Gasteiger partial charge in [-0.3, -0.25) is 0 Å². The number of hydrogen-bond donors (Lipinski definition) is 1. The molecule has 0 amide bonds. The first-order valence-electron chi connectivity index (χ1n) is 7.14. The van der Waals surface area contributed by atoms with Crippen molar-refractivity contribution in [1.82, 2.24) is 25.5 Å². The summed E-state index contributed by atoms with van der Waals surface area (Å²) in [5.74, 6) is 1.22. The first-order valence-corrected chi connectivity index (χ1v) is 9.84. The molecule has 0 aliphatic carbocycles. The Morgan fingerprint density at radius 2 is 2.00 bits per heavy atom. The molecule has 0 aliphatic rings. The molecule has 0 aromatic carbocycles. The van der Waals surface area contributed by atoms with Crippen LogP contribution in [0.5, 0.6) is 0 Å². The van der Waals surface area contributed by atoms with Crippen molar-refractivity contribution >= 4 is 21.6 Å². The first kappa shape index (κ1) is 18.4. The van der Waals surface area contributed by atoms with E-state index in [-0.39, 0.29) is 11.0 Å². The van der Waals surface area contributed by atoms with Crippen LogP contribution in [0.1, 0.15) is 27.7 Å². The van der Waals surface area contributed by atoms with Crippen LogP contribution in [-0.2, 0) is 16.4 Å². The first-order chi connectivity index (χ1) is 9.83. The number of thioether (sulfide) groups is 1. The fraction of sp³-hybridized carbons (Fsp3) is 0.917. The highest BCUT2D eigenvalue weighted by atomic mass is 32.2. The highest BCUT2D eigenvalue weighted by molar-refractivity contribution is 8.00. The fourth-order valence-electron chi connectivity index (χ4n) is 1.50. The van der Waals surface area contributed by atoms with Gasteiger partial charge in [-0.25, -0.2) is 13.1 Å². The van der Waals surface area contributed by atoms with E-state index in [1.165, 1.54) is 11.8 Å². The Morgan fingerprint density at radius 3 is 2.62 bits per heavy atom. The van der Waals surface area contributed by atoms with Gasteiger partial charge in [0.25, 0.3) is 0 Å². The Labute approximate surface area is 131 Å². The zero-order chi connectivity index (χ0) is 15.9. The molecule has 0 saturated carbocycles. The van der Waals surface area contributed by atoms with Crippen LogP contribution in [0.25, 0.3) is 0 Å². The topological polar surface area (TPSA) is 89.8 Å². The van der Waals surface area contributed by atoms with Gasteiger partial charge in [0.1, 0.15) is 0 Å². The van der Waals surface area contributed by atoms with Crippen molar-refractivity contribution in [2.45, 2.75) is 44.6 Å². The minimum absolute atomic E-state index is 0.147.